The van der Waals surface area contributed by atoms with Crippen LogP contribution in [-0.4, -0.2) is 25.4 Å². The van der Waals surface area contributed by atoms with Crippen molar-refractivity contribution in [2.45, 2.75) is 26.3 Å². The molecule has 1 aliphatic rings. The molecule has 5 nitrogen and oxygen atoms in total. The normalized spacial score (nSPS) is 17.7. The Kier molecular flexibility index (Phi) is 4.33. The lowest BCUT2D eigenvalue weighted by Gasteiger charge is -2.27. The minimum atomic E-state index is -0.999. The maximum absolute atomic E-state index is 11.2. The highest BCUT2D eigenvalue weighted by atomic mass is 16.5. The first-order chi connectivity index (χ1) is 11.9. The smallest absolute Gasteiger partial charge is 0.405 e. The zero-order chi connectivity index (χ0) is 18.2. The lowest BCUT2D eigenvalue weighted by atomic mass is 9.85. The summed E-state index contributed by atoms with van der Waals surface area (Å²) in [5.41, 5.74) is 3.91. The Morgan fingerprint density at radius 2 is 1.80 bits per heavy atom. The van der Waals surface area contributed by atoms with Gasteiger partial charge in [-0.25, -0.2) is 4.79 Å². The van der Waals surface area contributed by atoms with Crippen LogP contribution >= 0.6 is 0 Å². The standard InChI is InChI=1S/C20H23NO4/c1-20(2)11-13-10-12(8-9-14(13)18(20)21-19(22)23)17-15(24-3)6-5-7-16(17)25-4/h5-10,18,21H,11H2,1-4H3,(H,22,23). The molecule has 3 rings (SSSR count). The Bertz CT molecular complexity index is 791. The highest BCUT2D eigenvalue weighted by Crippen LogP contribution is 2.47. The second-order valence-electron chi connectivity index (χ2n) is 7.00. The van der Waals surface area contributed by atoms with Gasteiger partial charge in [0.2, 0.25) is 0 Å². The number of carboxylic acid groups (broad SMARTS) is 1. The molecule has 2 aromatic carbocycles. The van der Waals surface area contributed by atoms with Crippen molar-refractivity contribution < 1.29 is 19.4 Å². The van der Waals surface area contributed by atoms with Crippen molar-refractivity contribution in [3.63, 3.8) is 0 Å². The van der Waals surface area contributed by atoms with E-state index in [2.05, 4.69) is 25.2 Å². The van der Waals surface area contributed by atoms with Gasteiger partial charge in [-0.2, -0.15) is 0 Å². The SMILES string of the molecule is COc1cccc(OC)c1-c1ccc2c(c1)CC(C)(C)C2NC(=O)O. The molecule has 1 amide bonds. The van der Waals surface area contributed by atoms with Crippen molar-refractivity contribution in [3.05, 3.63) is 47.5 Å². The van der Waals surface area contributed by atoms with Crippen LogP contribution in [0, 0.1) is 5.41 Å². The van der Waals surface area contributed by atoms with Crippen LogP contribution in [0.2, 0.25) is 0 Å². The van der Waals surface area contributed by atoms with Gasteiger partial charge in [0.05, 0.1) is 25.8 Å². The molecule has 5 heteroatoms. The third kappa shape index (κ3) is 3.02. The van der Waals surface area contributed by atoms with Crippen LogP contribution in [0.1, 0.15) is 31.0 Å². The lowest BCUT2D eigenvalue weighted by Crippen LogP contribution is -2.34. The Labute approximate surface area is 147 Å². The number of carbonyl (C=O) groups is 1. The van der Waals surface area contributed by atoms with E-state index >= 15 is 0 Å². The predicted octanol–water partition coefficient (Wildman–Crippen LogP) is 4.26. The summed E-state index contributed by atoms with van der Waals surface area (Å²) >= 11 is 0. The molecular weight excluding hydrogens is 318 g/mol. The Morgan fingerprint density at radius 1 is 1.16 bits per heavy atom. The van der Waals surface area contributed by atoms with Crippen LogP contribution in [0.4, 0.5) is 4.79 Å². The van der Waals surface area contributed by atoms with E-state index < -0.39 is 6.09 Å². The predicted molar refractivity (Wildman–Crippen MR) is 96.4 cm³/mol. The summed E-state index contributed by atoms with van der Waals surface area (Å²) in [6.45, 7) is 4.16. The molecule has 0 fully saturated rings. The fourth-order valence-electron chi connectivity index (χ4n) is 3.74. The van der Waals surface area contributed by atoms with Gasteiger partial charge in [-0.15, -0.1) is 0 Å². The second-order valence-corrected chi connectivity index (χ2v) is 7.00. The monoisotopic (exact) mass is 341 g/mol. The maximum Gasteiger partial charge on any atom is 0.405 e. The van der Waals surface area contributed by atoms with Gasteiger partial charge in [-0.3, -0.25) is 0 Å². The molecule has 0 bridgehead atoms. The Balaban J connectivity index is 2.09. The van der Waals surface area contributed by atoms with Crippen LogP contribution in [0.15, 0.2) is 36.4 Å². The summed E-state index contributed by atoms with van der Waals surface area (Å²) in [5, 5.41) is 11.8. The fourth-order valence-corrected chi connectivity index (χ4v) is 3.74. The number of amides is 1. The van der Waals surface area contributed by atoms with Gasteiger partial charge in [-0.1, -0.05) is 38.1 Å². The van der Waals surface area contributed by atoms with Gasteiger partial charge in [0.15, 0.2) is 0 Å². The van der Waals surface area contributed by atoms with Crippen LogP contribution < -0.4 is 14.8 Å². The molecule has 1 unspecified atom stereocenters. The highest BCUT2D eigenvalue weighted by molar-refractivity contribution is 5.78. The molecular formula is C20H23NO4. The molecule has 0 aliphatic heterocycles. The fraction of sp³-hybridized carbons (Fsp3) is 0.350. The zero-order valence-corrected chi connectivity index (χ0v) is 14.9. The van der Waals surface area contributed by atoms with E-state index in [1.54, 1.807) is 14.2 Å². The van der Waals surface area contributed by atoms with E-state index in [1.165, 1.54) is 0 Å². The third-order valence-electron chi connectivity index (χ3n) is 4.87. The average Bonchev–Trinajstić information content (AvgIpc) is 2.82. The summed E-state index contributed by atoms with van der Waals surface area (Å²) in [5.74, 6) is 1.49. The quantitative estimate of drug-likeness (QED) is 0.872. The molecule has 0 saturated carbocycles. The molecule has 0 aromatic heterocycles. The number of nitrogens with one attached hydrogen (secondary N) is 1. The van der Waals surface area contributed by atoms with E-state index in [4.69, 9.17) is 14.6 Å². The van der Waals surface area contributed by atoms with Crippen molar-refractivity contribution in [3.8, 4) is 22.6 Å². The first kappa shape index (κ1) is 17.1. The van der Waals surface area contributed by atoms with Crippen LogP contribution in [0.3, 0.4) is 0 Å². The molecule has 2 N–H and O–H groups in total. The number of hydrogen-bond donors (Lipinski definition) is 2. The number of fused-ring (bicyclic) bond motifs is 1. The molecule has 0 saturated heterocycles. The summed E-state index contributed by atoms with van der Waals surface area (Å²) in [4.78, 5) is 11.2. The number of ether oxygens (including phenoxy) is 2. The van der Waals surface area contributed by atoms with E-state index in [9.17, 15) is 4.79 Å². The van der Waals surface area contributed by atoms with E-state index in [0.29, 0.717) is 0 Å². The van der Waals surface area contributed by atoms with Gasteiger partial charge in [-0.05, 0) is 40.7 Å². The van der Waals surface area contributed by atoms with Gasteiger partial charge in [0, 0.05) is 0 Å². The zero-order valence-electron chi connectivity index (χ0n) is 14.9. The maximum atomic E-state index is 11.2. The van der Waals surface area contributed by atoms with Crippen molar-refractivity contribution in [1.82, 2.24) is 5.32 Å². The molecule has 0 radical (unpaired) electrons. The molecule has 0 spiro atoms. The van der Waals surface area contributed by atoms with Gasteiger partial charge < -0.3 is 19.9 Å². The molecule has 0 heterocycles. The summed E-state index contributed by atoms with van der Waals surface area (Å²) in [7, 11) is 3.28. The average molecular weight is 341 g/mol. The van der Waals surface area contributed by atoms with Crippen LogP contribution in [-0.2, 0) is 6.42 Å². The lowest BCUT2D eigenvalue weighted by molar-refractivity contribution is 0.175. The Morgan fingerprint density at radius 3 is 2.36 bits per heavy atom. The van der Waals surface area contributed by atoms with Crippen LogP contribution in [0.25, 0.3) is 11.1 Å². The molecule has 1 aliphatic carbocycles. The van der Waals surface area contributed by atoms with Crippen molar-refractivity contribution in [2.24, 2.45) is 5.41 Å². The van der Waals surface area contributed by atoms with Crippen molar-refractivity contribution >= 4 is 6.09 Å². The third-order valence-corrected chi connectivity index (χ3v) is 4.87. The minimum absolute atomic E-state index is 0.176. The van der Waals surface area contributed by atoms with Crippen LogP contribution in [0.5, 0.6) is 11.5 Å². The minimum Gasteiger partial charge on any atom is -0.496 e. The summed E-state index contributed by atoms with van der Waals surface area (Å²) in [6.07, 6.45) is -0.195. The van der Waals surface area contributed by atoms with E-state index in [-0.39, 0.29) is 11.5 Å². The molecule has 2 aromatic rings. The van der Waals surface area contributed by atoms with E-state index in [1.807, 2.05) is 30.3 Å². The summed E-state index contributed by atoms with van der Waals surface area (Å²) in [6, 6.07) is 11.6. The van der Waals surface area contributed by atoms with Gasteiger partial charge in [0.25, 0.3) is 0 Å². The largest absolute Gasteiger partial charge is 0.496 e. The van der Waals surface area contributed by atoms with E-state index in [0.717, 1.165) is 40.2 Å². The topological polar surface area (TPSA) is 67.8 Å². The van der Waals surface area contributed by atoms with Crippen molar-refractivity contribution in [1.29, 1.82) is 0 Å². The van der Waals surface area contributed by atoms with Crippen molar-refractivity contribution in [2.75, 3.05) is 14.2 Å². The first-order valence-electron chi connectivity index (χ1n) is 8.21. The highest BCUT2D eigenvalue weighted by Gasteiger charge is 2.40. The van der Waals surface area contributed by atoms with Gasteiger partial charge >= 0.3 is 6.09 Å². The van der Waals surface area contributed by atoms with Gasteiger partial charge in [0.1, 0.15) is 11.5 Å². The number of hydrogen-bond acceptors (Lipinski definition) is 3. The number of rotatable bonds is 4. The second kappa shape index (κ2) is 6.31. The molecule has 132 valence electrons. The summed E-state index contributed by atoms with van der Waals surface area (Å²) < 4.78 is 11.0. The molecule has 1 atom stereocenters. The number of benzene rings is 2. The number of methoxy groups -OCH3 is 2. The Hall–Kier alpha value is -2.69. The first-order valence-corrected chi connectivity index (χ1v) is 8.21. The molecule has 25 heavy (non-hydrogen) atoms.